The van der Waals surface area contributed by atoms with E-state index in [0.717, 1.165) is 16.9 Å². The van der Waals surface area contributed by atoms with Crippen LogP contribution < -0.4 is 4.74 Å². The second-order valence-corrected chi connectivity index (χ2v) is 5.57. The smallest absolute Gasteiger partial charge is 0.328 e. The van der Waals surface area contributed by atoms with Crippen LogP contribution in [0.25, 0.3) is 5.57 Å². The Labute approximate surface area is 107 Å². The predicted octanol–water partition coefficient (Wildman–Crippen LogP) is 3.23. The van der Waals surface area contributed by atoms with Crippen molar-refractivity contribution in [3.05, 3.63) is 35.4 Å². The summed E-state index contributed by atoms with van der Waals surface area (Å²) in [5, 5.41) is 8.86. The van der Waals surface area contributed by atoms with E-state index in [1.807, 2.05) is 18.2 Å². The van der Waals surface area contributed by atoms with Gasteiger partial charge >= 0.3 is 5.97 Å². The highest BCUT2D eigenvalue weighted by molar-refractivity contribution is 5.91. The van der Waals surface area contributed by atoms with Gasteiger partial charge in [-0.15, -0.1) is 0 Å². The van der Waals surface area contributed by atoms with Crippen LogP contribution in [0.1, 0.15) is 38.3 Å². The van der Waals surface area contributed by atoms with Gasteiger partial charge in [-0.25, -0.2) is 4.79 Å². The molecule has 0 saturated carbocycles. The summed E-state index contributed by atoms with van der Waals surface area (Å²) in [6.45, 7) is 6.97. The summed E-state index contributed by atoms with van der Waals surface area (Å²) in [7, 11) is 0. The van der Waals surface area contributed by atoms with Crippen LogP contribution in [-0.2, 0) is 10.2 Å². The van der Waals surface area contributed by atoms with E-state index in [9.17, 15) is 4.79 Å². The van der Waals surface area contributed by atoms with Crippen molar-refractivity contribution in [3.8, 4) is 5.75 Å². The van der Waals surface area contributed by atoms with Gasteiger partial charge in [0.15, 0.2) is 0 Å². The predicted molar refractivity (Wildman–Crippen MR) is 70.9 cm³/mol. The van der Waals surface area contributed by atoms with Crippen molar-refractivity contribution in [1.29, 1.82) is 0 Å². The van der Waals surface area contributed by atoms with Crippen molar-refractivity contribution in [2.75, 3.05) is 6.61 Å². The van der Waals surface area contributed by atoms with Crippen LogP contribution in [0.5, 0.6) is 5.75 Å². The Morgan fingerprint density at radius 3 is 2.72 bits per heavy atom. The third-order valence-corrected chi connectivity index (χ3v) is 3.12. The maximum Gasteiger partial charge on any atom is 0.328 e. The van der Waals surface area contributed by atoms with Gasteiger partial charge in [0.2, 0.25) is 0 Å². The third-order valence-electron chi connectivity index (χ3n) is 3.12. The molecule has 1 aliphatic rings. The van der Waals surface area contributed by atoms with E-state index < -0.39 is 5.97 Å². The van der Waals surface area contributed by atoms with Gasteiger partial charge in [-0.3, -0.25) is 0 Å². The topological polar surface area (TPSA) is 46.5 Å². The first-order valence-electron chi connectivity index (χ1n) is 6.09. The molecule has 0 atom stereocenters. The fraction of sp³-hybridized carbons (Fsp3) is 0.400. The van der Waals surface area contributed by atoms with E-state index in [-0.39, 0.29) is 5.41 Å². The number of ether oxygens (including phenoxy) is 1. The number of carboxylic acid groups (broad SMARTS) is 1. The molecule has 2 rings (SSSR count). The molecule has 1 aliphatic heterocycles. The Bertz CT molecular complexity index is 507. The molecule has 18 heavy (non-hydrogen) atoms. The Balaban J connectivity index is 2.46. The fourth-order valence-electron chi connectivity index (χ4n) is 2.08. The molecule has 0 aliphatic carbocycles. The van der Waals surface area contributed by atoms with E-state index in [1.165, 1.54) is 11.6 Å². The monoisotopic (exact) mass is 246 g/mol. The number of aliphatic carboxylic acids is 1. The summed E-state index contributed by atoms with van der Waals surface area (Å²) in [5.41, 5.74) is 2.99. The number of carbonyl (C=O) groups is 1. The largest absolute Gasteiger partial charge is 0.493 e. The number of rotatable bonds is 1. The molecule has 1 aromatic carbocycles. The molecule has 3 heteroatoms. The lowest BCUT2D eigenvalue weighted by Crippen LogP contribution is -2.14. The average Bonchev–Trinajstić information content (AvgIpc) is 2.27. The van der Waals surface area contributed by atoms with E-state index >= 15 is 0 Å². The van der Waals surface area contributed by atoms with Gasteiger partial charge in [0.05, 0.1) is 6.61 Å². The highest BCUT2D eigenvalue weighted by Gasteiger charge is 2.20. The van der Waals surface area contributed by atoms with Crippen molar-refractivity contribution in [2.24, 2.45) is 0 Å². The third kappa shape index (κ3) is 2.55. The van der Waals surface area contributed by atoms with Gasteiger partial charge in [-0.05, 0) is 22.6 Å². The molecule has 0 unspecified atom stereocenters. The minimum absolute atomic E-state index is 0.0620. The van der Waals surface area contributed by atoms with Gasteiger partial charge in [-0.2, -0.15) is 0 Å². The summed E-state index contributed by atoms with van der Waals surface area (Å²) >= 11 is 0. The van der Waals surface area contributed by atoms with Gasteiger partial charge in [0.25, 0.3) is 0 Å². The average molecular weight is 246 g/mol. The molecule has 0 aromatic heterocycles. The normalized spacial score (nSPS) is 17.2. The molecular weight excluding hydrogens is 228 g/mol. The summed E-state index contributed by atoms with van der Waals surface area (Å²) in [4.78, 5) is 10.8. The van der Waals surface area contributed by atoms with Crippen LogP contribution in [0.3, 0.4) is 0 Å². The Kier molecular flexibility index (Phi) is 3.16. The summed E-state index contributed by atoms with van der Waals surface area (Å²) in [5.74, 6) is -0.112. The lowest BCUT2D eigenvalue weighted by molar-refractivity contribution is -0.131. The molecule has 1 N–H and O–H groups in total. The standard InChI is InChI=1S/C15H18O3/c1-15(2,3)11-4-5-12-10(8-14(16)17)6-7-18-13(12)9-11/h4-5,8-9H,6-7H2,1-3H3,(H,16,17). The second-order valence-electron chi connectivity index (χ2n) is 5.57. The van der Waals surface area contributed by atoms with Crippen LogP contribution in [0.2, 0.25) is 0 Å². The van der Waals surface area contributed by atoms with E-state index in [4.69, 9.17) is 9.84 Å². The lowest BCUT2D eigenvalue weighted by Gasteiger charge is -2.24. The number of fused-ring (bicyclic) bond motifs is 1. The first-order chi connectivity index (χ1) is 8.38. The van der Waals surface area contributed by atoms with Crippen molar-refractivity contribution >= 4 is 11.5 Å². The van der Waals surface area contributed by atoms with Crippen molar-refractivity contribution in [3.63, 3.8) is 0 Å². The van der Waals surface area contributed by atoms with Crippen LogP contribution in [0.4, 0.5) is 0 Å². The lowest BCUT2D eigenvalue weighted by atomic mass is 9.85. The number of benzene rings is 1. The summed E-state index contributed by atoms with van der Waals surface area (Å²) < 4.78 is 5.64. The first kappa shape index (κ1) is 12.7. The quantitative estimate of drug-likeness (QED) is 0.774. The van der Waals surface area contributed by atoms with E-state index in [1.54, 1.807) is 0 Å². The molecule has 0 spiro atoms. The van der Waals surface area contributed by atoms with Crippen molar-refractivity contribution < 1.29 is 14.6 Å². The zero-order valence-electron chi connectivity index (χ0n) is 11.0. The maximum absolute atomic E-state index is 10.8. The molecule has 1 heterocycles. The first-order valence-corrected chi connectivity index (χ1v) is 6.09. The zero-order valence-corrected chi connectivity index (χ0v) is 11.0. The van der Waals surface area contributed by atoms with Gasteiger partial charge in [0, 0.05) is 18.1 Å². The molecule has 0 saturated heterocycles. The Morgan fingerprint density at radius 1 is 1.39 bits per heavy atom. The van der Waals surface area contributed by atoms with Crippen molar-refractivity contribution in [1.82, 2.24) is 0 Å². The van der Waals surface area contributed by atoms with Gasteiger partial charge in [0.1, 0.15) is 5.75 Å². The Morgan fingerprint density at radius 2 is 2.11 bits per heavy atom. The number of carboxylic acids is 1. The highest BCUT2D eigenvalue weighted by atomic mass is 16.5. The maximum atomic E-state index is 10.8. The summed E-state index contributed by atoms with van der Waals surface area (Å²) in [6, 6.07) is 6.03. The van der Waals surface area contributed by atoms with E-state index in [0.29, 0.717) is 13.0 Å². The molecule has 3 nitrogen and oxygen atoms in total. The zero-order chi connectivity index (χ0) is 13.3. The molecule has 0 amide bonds. The second kappa shape index (κ2) is 4.48. The summed E-state index contributed by atoms with van der Waals surface area (Å²) in [6.07, 6.45) is 1.92. The number of hydrogen-bond acceptors (Lipinski definition) is 2. The van der Waals surface area contributed by atoms with Gasteiger partial charge in [-0.1, -0.05) is 32.9 Å². The molecule has 0 radical (unpaired) electrons. The van der Waals surface area contributed by atoms with Gasteiger partial charge < -0.3 is 9.84 Å². The van der Waals surface area contributed by atoms with Crippen LogP contribution in [-0.4, -0.2) is 17.7 Å². The molecule has 96 valence electrons. The van der Waals surface area contributed by atoms with Crippen LogP contribution in [0, 0.1) is 0 Å². The SMILES string of the molecule is CC(C)(C)c1ccc2c(c1)OCCC2=CC(=O)O. The van der Waals surface area contributed by atoms with Crippen LogP contribution in [0.15, 0.2) is 24.3 Å². The van der Waals surface area contributed by atoms with E-state index in [2.05, 4.69) is 20.8 Å². The van der Waals surface area contributed by atoms with Crippen LogP contribution >= 0.6 is 0 Å². The molecular formula is C15H18O3. The molecule has 0 bridgehead atoms. The molecule has 0 fully saturated rings. The minimum atomic E-state index is -0.905. The minimum Gasteiger partial charge on any atom is -0.493 e. The molecule has 1 aromatic rings. The Hall–Kier alpha value is -1.77. The number of hydrogen-bond donors (Lipinski definition) is 1. The van der Waals surface area contributed by atoms with Crippen molar-refractivity contribution in [2.45, 2.75) is 32.6 Å². The highest BCUT2D eigenvalue weighted by Crippen LogP contribution is 2.36. The fourth-order valence-corrected chi connectivity index (χ4v) is 2.08.